The largest absolute Gasteiger partial charge is 0.467 e. The van der Waals surface area contributed by atoms with E-state index in [0.717, 1.165) is 6.42 Å². The summed E-state index contributed by atoms with van der Waals surface area (Å²) in [4.78, 5) is 23.0. The third-order valence-corrected chi connectivity index (χ3v) is 2.80. The number of carbonyl (C=O) groups is 2. The number of nitrogens with one attached hydrogen (secondary N) is 1. The number of carbonyl (C=O) groups excluding carboxylic acids is 2. The van der Waals surface area contributed by atoms with E-state index in [0.29, 0.717) is 0 Å². The van der Waals surface area contributed by atoms with Crippen LogP contribution in [0.1, 0.15) is 27.2 Å². The highest BCUT2D eigenvalue weighted by Crippen LogP contribution is 2.06. The van der Waals surface area contributed by atoms with Gasteiger partial charge in [0.05, 0.1) is 19.3 Å². The van der Waals surface area contributed by atoms with Gasteiger partial charge in [-0.3, -0.25) is 4.79 Å². The second-order valence-corrected chi connectivity index (χ2v) is 4.16. The van der Waals surface area contributed by atoms with Crippen LogP contribution in [0.25, 0.3) is 0 Å². The number of hydrogen-bond acceptors (Lipinski definition) is 5. The van der Waals surface area contributed by atoms with E-state index in [1.54, 1.807) is 0 Å². The first-order chi connectivity index (χ1) is 7.84. The van der Waals surface area contributed by atoms with Crippen molar-refractivity contribution in [1.29, 1.82) is 0 Å². The van der Waals surface area contributed by atoms with E-state index < -0.39 is 30.1 Å². The Kier molecular flexibility index (Phi) is 6.75. The van der Waals surface area contributed by atoms with Crippen LogP contribution in [0.5, 0.6) is 0 Å². The molecule has 100 valence electrons. The molecule has 6 nitrogen and oxygen atoms in total. The lowest BCUT2D eigenvalue weighted by Gasteiger charge is -2.23. The molecule has 0 rings (SSSR count). The van der Waals surface area contributed by atoms with E-state index in [9.17, 15) is 14.7 Å². The molecule has 0 aliphatic rings. The van der Waals surface area contributed by atoms with Gasteiger partial charge in [-0.25, -0.2) is 4.79 Å². The van der Waals surface area contributed by atoms with Gasteiger partial charge in [0.15, 0.2) is 6.04 Å². The van der Waals surface area contributed by atoms with Crippen LogP contribution in [0.4, 0.5) is 0 Å². The monoisotopic (exact) mass is 246 g/mol. The Morgan fingerprint density at radius 2 is 1.94 bits per heavy atom. The molecule has 0 unspecified atom stereocenters. The van der Waals surface area contributed by atoms with E-state index in [1.807, 2.05) is 13.8 Å². The Bertz CT molecular complexity index is 268. The summed E-state index contributed by atoms with van der Waals surface area (Å²) in [6.45, 7) is 5.17. The third-order valence-electron chi connectivity index (χ3n) is 2.80. The Labute approximate surface area is 102 Å². The second-order valence-electron chi connectivity index (χ2n) is 4.16. The average Bonchev–Trinajstić information content (AvgIpc) is 2.32. The number of rotatable bonds is 6. The lowest BCUT2D eigenvalue weighted by molar-refractivity contribution is -0.148. The van der Waals surface area contributed by atoms with Crippen molar-refractivity contribution in [1.82, 2.24) is 5.32 Å². The molecule has 0 aromatic carbocycles. The van der Waals surface area contributed by atoms with E-state index in [2.05, 4.69) is 10.1 Å². The van der Waals surface area contributed by atoms with Crippen LogP contribution in [-0.4, -0.2) is 42.3 Å². The quantitative estimate of drug-likeness (QED) is 0.543. The van der Waals surface area contributed by atoms with Crippen LogP contribution >= 0.6 is 0 Å². The highest BCUT2D eigenvalue weighted by Gasteiger charge is 2.29. The highest BCUT2D eigenvalue weighted by molar-refractivity contribution is 5.87. The van der Waals surface area contributed by atoms with Gasteiger partial charge in [-0.1, -0.05) is 20.3 Å². The fraction of sp³-hybridized carbons (Fsp3) is 0.818. The molecule has 17 heavy (non-hydrogen) atoms. The maximum atomic E-state index is 11.7. The van der Waals surface area contributed by atoms with E-state index >= 15 is 0 Å². The van der Waals surface area contributed by atoms with Crippen LogP contribution < -0.4 is 11.1 Å². The van der Waals surface area contributed by atoms with Gasteiger partial charge in [-0.05, 0) is 12.8 Å². The Hall–Kier alpha value is -1.14. The predicted molar refractivity (Wildman–Crippen MR) is 63.1 cm³/mol. The number of ether oxygens (including phenoxy) is 1. The van der Waals surface area contributed by atoms with Crippen molar-refractivity contribution in [3.8, 4) is 0 Å². The van der Waals surface area contributed by atoms with Gasteiger partial charge in [-0.15, -0.1) is 0 Å². The first-order valence-corrected chi connectivity index (χ1v) is 5.66. The van der Waals surface area contributed by atoms with Gasteiger partial charge in [0.2, 0.25) is 5.91 Å². The fourth-order valence-electron chi connectivity index (χ4n) is 1.27. The van der Waals surface area contributed by atoms with Crippen LogP contribution in [0.15, 0.2) is 0 Å². The molecule has 6 heteroatoms. The molecule has 0 saturated carbocycles. The molecular weight excluding hydrogens is 224 g/mol. The summed E-state index contributed by atoms with van der Waals surface area (Å²) in [5, 5.41) is 11.8. The van der Waals surface area contributed by atoms with Gasteiger partial charge < -0.3 is 20.9 Å². The maximum Gasteiger partial charge on any atom is 0.331 e. The summed E-state index contributed by atoms with van der Waals surface area (Å²) in [6, 6.07) is -1.78. The van der Waals surface area contributed by atoms with Crippen molar-refractivity contribution in [2.24, 2.45) is 11.7 Å². The maximum absolute atomic E-state index is 11.7. The number of hydrogen-bond donors (Lipinski definition) is 3. The Morgan fingerprint density at radius 3 is 2.29 bits per heavy atom. The summed E-state index contributed by atoms with van der Waals surface area (Å²) >= 11 is 0. The van der Waals surface area contributed by atoms with Gasteiger partial charge in [0, 0.05) is 0 Å². The lowest BCUT2D eigenvalue weighted by Crippen LogP contribution is -2.54. The predicted octanol–water partition coefficient (Wildman–Crippen LogP) is -0.602. The molecule has 0 fully saturated rings. The Morgan fingerprint density at radius 1 is 1.41 bits per heavy atom. The topological polar surface area (TPSA) is 102 Å². The second kappa shape index (κ2) is 7.24. The molecule has 0 bridgehead atoms. The molecule has 0 aromatic rings. The molecule has 4 atom stereocenters. The van der Waals surface area contributed by atoms with Gasteiger partial charge in [-0.2, -0.15) is 0 Å². The standard InChI is InChI=1S/C11H22N2O4/c1-5-6(2)8(12)10(15)13-9(7(3)14)11(16)17-4/h6-9,14H,5,12H2,1-4H3,(H,13,15)/t6-,7-,8-,9-/m0/s1. The molecule has 0 aliphatic carbocycles. The molecule has 0 radical (unpaired) electrons. The first-order valence-electron chi connectivity index (χ1n) is 5.66. The smallest absolute Gasteiger partial charge is 0.331 e. The molecule has 1 amide bonds. The van der Waals surface area contributed by atoms with E-state index in [1.165, 1.54) is 14.0 Å². The third kappa shape index (κ3) is 4.70. The zero-order valence-corrected chi connectivity index (χ0v) is 10.8. The summed E-state index contributed by atoms with van der Waals surface area (Å²) in [5.41, 5.74) is 5.72. The zero-order valence-electron chi connectivity index (χ0n) is 10.8. The highest BCUT2D eigenvalue weighted by atomic mass is 16.5. The summed E-state index contributed by atoms with van der Waals surface area (Å²) in [5.74, 6) is -1.15. The van der Waals surface area contributed by atoms with E-state index in [4.69, 9.17) is 5.73 Å². The van der Waals surface area contributed by atoms with Crippen molar-refractivity contribution >= 4 is 11.9 Å². The number of esters is 1. The van der Waals surface area contributed by atoms with Gasteiger partial charge >= 0.3 is 5.97 Å². The molecule has 0 aromatic heterocycles. The normalized spacial score (nSPS) is 17.8. The van der Waals surface area contributed by atoms with Crippen molar-refractivity contribution in [3.63, 3.8) is 0 Å². The minimum absolute atomic E-state index is 0.00213. The van der Waals surface area contributed by atoms with Crippen molar-refractivity contribution in [3.05, 3.63) is 0 Å². The lowest BCUT2D eigenvalue weighted by atomic mass is 9.99. The van der Waals surface area contributed by atoms with Crippen LogP contribution in [-0.2, 0) is 14.3 Å². The summed E-state index contributed by atoms with van der Waals surface area (Å²) in [6.07, 6.45) is -0.276. The minimum Gasteiger partial charge on any atom is -0.467 e. The van der Waals surface area contributed by atoms with Crippen LogP contribution in [0, 0.1) is 5.92 Å². The summed E-state index contributed by atoms with van der Waals surface area (Å²) in [7, 11) is 1.19. The summed E-state index contributed by atoms with van der Waals surface area (Å²) < 4.78 is 4.49. The number of aliphatic hydroxyl groups excluding tert-OH is 1. The van der Waals surface area contributed by atoms with Crippen LogP contribution in [0.2, 0.25) is 0 Å². The number of amides is 1. The van der Waals surface area contributed by atoms with Crippen molar-refractivity contribution in [2.75, 3.05) is 7.11 Å². The molecule has 0 spiro atoms. The van der Waals surface area contributed by atoms with Crippen molar-refractivity contribution < 1.29 is 19.4 Å². The first kappa shape index (κ1) is 15.9. The molecule has 4 N–H and O–H groups in total. The number of methoxy groups -OCH3 is 1. The van der Waals surface area contributed by atoms with E-state index in [-0.39, 0.29) is 5.92 Å². The number of nitrogens with two attached hydrogens (primary N) is 1. The van der Waals surface area contributed by atoms with Gasteiger partial charge in [0.1, 0.15) is 0 Å². The minimum atomic E-state index is -1.08. The fourth-order valence-corrected chi connectivity index (χ4v) is 1.27. The molecule has 0 heterocycles. The SMILES string of the molecule is CC[C@H](C)[C@H](N)C(=O)N[C@H](C(=O)OC)[C@H](C)O. The average molecular weight is 246 g/mol. The molecular formula is C11H22N2O4. The molecule has 0 aliphatic heterocycles. The zero-order chi connectivity index (χ0) is 13.6. The van der Waals surface area contributed by atoms with Crippen LogP contribution in [0.3, 0.4) is 0 Å². The molecule has 0 saturated heterocycles. The number of aliphatic hydroxyl groups is 1. The Balaban J connectivity index is 4.56. The van der Waals surface area contributed by atoms with Gasteiger partial charge in [0.25, 0.3) is 0 Å². The van der Waals surface area contributed by atoms with Crippen molar-refractivity contribution in [2.45, 2.75) is 45.4 Å².